The zero-order valence-electron chi connectivity index (χ0n) is 10.3. The molecule has 0 spiro atoms. The highest BCUT2D eigenvalue weighted by atomic mass is 16.5. The number of hydrogen-bond donors (Lipinski definition) is 1. The van der Waals surface area contributed by atoms with E-state index >= 15 is 0 Å². The van der Waals surface area contributed by atoms with Crippen LogP contribution in [0.4, 0.5) is 0 Å². The quantitative estimate of drug-likeness (QED) is 0.692. The summed E-state index contributed by atoms with van der Waals surface area (Å²) < 4.78 is 5.39. The lowest BCUT2D eigenvalue weighted by atomic mass is 9.99. The third-order valence-corrected chi connectivity index (χ3v) is 3.08. The van der Waals surface area contributed by atoms with E-state index in [0.29, 0.717) is 0 Å². The molecule has 15 heavy (non-hydrogen) atoms. The first-order chi connectivity index (χ1) is 7.36. The van der Waals surface area contributed by atoms with E-state index in [-0.39, 0.29) is 0 Å². The first kappa shape index (κ1) is 12.9. The fourth-order valence-corrected chi connectivity index (χ4v) is 2.17. The van der Waals surface area contributed by atoms with Crippen LogP contribution in [0.15, 0.2) is 0 Å². The van der Waals surface area contributed by atoms with Crippen LogP contribution >= 0.6 is 0 Å². The lowest BCUT2D eigenvalue weighted by molar-refractivity contribution is 0.0527. The summed E-state index contributed by atoms with van der Waals surface area (Å²) in [5, 5.41) is 3.23. The molecule has 0 unspecified atom stereocenters. The molecule has 3 heteroatoms. The molecular weight excluding hydrogens is 188 g/mol. The number of likely N-dealkylation sites (N-methyl/N-ethyl adjacent to an activating group) is 1. The van der Waals surface area contributed by atoms with Gasteiger partial charge in [-0.05, 0) is 38.8 Å². The molecule has 1 saturated heterocycles. The largest absolute Gasteiger partial charge is 0.381 e. The van der Waals surface area contributed by atoms with Crippen LogP contribution in [0.25, 0.3) is 0 Å². The predicted octanol–water partition coefficient (Wildman–Crippen LogP) is 1.34. The second kappa shape index (κ2) is 8.08. The molecule has 0 aliphatic carbocycles. The second-order valence-electron chi connectivity index (χ2n) is 4.46. The van der Waals surface area contributed by atoms with Crippen molar-refractivity contribution in [2.45, 2.75) is 26.2 Å². The van der Waals surface area contributed by atoms with Gasteiger partial charge in [0.25, 0.3) is 0 Å². The van der Waals surface area contributed by atoms with E-state index in [4.69, 9.17) is 4.74 Å². The van der Waals surface area contributed by atoms with E-state index in [2.05, 4.69) is 17.1 Å². The number of nitrogens with zero attached hydrogens (tertiary/aromatic N) is 1. The van der Waals surface area contributed by atoms with Gasteiger partial charge >= 0.3 is 0 Å². The van der Waals surface area contributed by atoms with Crippen molar-refractivity contribution in [3.8, 4) is 0 Å². The van der Waals surface area contributed by atoms with Crippen LogP contribution in [0, 0.1) is 5.92 Å². The van der Waals surface area contributed by atoms with Crippen LogP contribution in [0.3, 0.4) is 0 Å². The molecule has 3 nitrogen and oxygen atoms in total. The van der Waals surface area contributed by atoms with Crippen molar-refractivity contribution in [3.05, 3.63) is 0 Å². The fourth-order valence-electron chi connectivity index (χ4n) is 2.17. The third kappa shape index (κ3) is 5.50. The normalized spacial score (nSPS) is 18.6. The lowest BCUT2D eigenvalue weighted by Crippen LogP contribution is -2.37. The minimum Gasteiger partial charge on any atom is -0.381 e. The van der Waals surface area contributed by atoms with Crippen molar-refractivity contribution in [1.29, 1.82) is 0 Å². The summed E-state index contributed by atoms with van der Waals surface area (Å²) in [6, 6.07) is 0. The molecule has 1 rings (SSSR count). The van der Waals surface area contributed by atoms with Crippen LogP contribution in [-0.4, -0.2) is 51.3 Å². The predicted molar refractivity (Wildman–Crippen MR) is 64.2 cm³/mol. The van der Waals surface area contributed by atoms with E-state index in [0.717, 1.165) is 25.7 Å². The Bertz CT molecular complexity index is 147. The zero-order valence-corrected chi connectivity index (χ0v) is 10.3. The Hall–Kier alpha value is -0.120. The smallest absolute Gasteiger partial charge is 0.0469 e. The molecule has 0 aromatic heterocycles. The van der Waals surface area contributed by atoms with Gasteiger partial charge in [-0.25, -0.2) is 0 Å². The highest BCUT2D eigenvalue weighted by molar-refractivity contribution is 4.69. The molecule has 1 aliphatic rings. The third-order valence-electron chi connectivity index (χ3n) is 3.08. The summed E-state index contributed by atoms with van der Waals surface area (Å²) >= 11 is 0. The van der Waals surface area contributed by atoms with Gasteiger partial charge in [0.05, 0.1) is 0 Å². The van der Waals surface area contributed by atoms with E-state index in [9.17, 15) is 0 Å². The summed E-state index contributed by atoms with van der Waals surface area (Å²) in [5.74, 6) is 0.863. The highest BCUT2D eigenvalue weighted by Gasteiger charge is 2.16. The molecule has 1 aliphatic heterocycles. The summed E-state index contributed by atoms with van der Waals surface area (Å²) in [7, 11) is 2.03. The van der Waals surface area contributed by atoms with Gasteiger partial charge < -0.3 is 15.0 Å². The minimum atomic E-state index is 0.863. The second-order valence-corrected chi connectivity index (χ2v) is 4.46. The Morgan fingerprint density at radius 1 is 1.27 bits per heavy atom. The van der Waals surface area contributed by atoms with Crippen LogP contribution < -0.4 is 5.32 Å². The van der Waals surface area contributed by atoms with Crippen molar-refractivity contribution >= 4 is 0 Å². The van der Waals surface area contributed by atoms with E-state index < -0.39 is 0 Å². The maximum absolute atomic E-state index is 5.39. The van der Waals surface area contributed by atoms with Gasteiger partial charge in [-0.2, -0.15) is 0 Å². The molecule has 90 valence electrons. The van der Waals surface area contributed by atoms with Crippen molar-refractivity contribution in [2.24, 2.45) is 5.92 Å². The SMILES string of the molecule is CCCN(CCNC)CC1CCOCC1. The maximum atomic E-state index is 5.39. The molecule has 0 aromatic carbocycles. The minimum absolute atomic E-state index is 0.863. The molecule has 0 saturated carbocycles. The van der Waals surface area contributed by atoms with Gasteiger partial charge in [-0.1, -0.05) is 6.92 Å². The molecule has 0 bridgehead atoms. The summed E-state index contributed by atoms with van der Waals surface area (Å²) in [6.45, 7) is 8.98. The molecule has 0 atom stereocenters. The van der Waals surface area contributed by atoms with Gasteiger partial charge in [0.2, 0.25) is 0 Å². The number of nitrogens with one attached hydrogen (secondary N) is 1. The van der Waals surface area contributed by atoms with E-state index in [1.165, 1.54) is 38.9 Å². The zero-order chi connectivity index (χ0) is 10.9. The molecule has 0 amide bonds. The number of rotatable bonds is 7. The van der Waals surface area contributed by atoms with Crippen LogP contribution in [-0.2, 0) is 4.74 Å². The summed E-state index contributed by atoms with van der Waals surface area (Å²) in [6.07, 6.45) is 3.76. The molecule has 0 aromatic rings. The Labute approximate surface area is 94.2 Å². The van der Waals surface area contributed by atoms with Gasteiger partial charge in [0.15, 0.2) is 0 Å². The molecule has 1 fully saturated rings. The van der Waals surface area contributed by atoms with Crippen LogP contribution in [0.1, 0.15) is 26.2 Å². The maximum Gasteiger partial charge on any atom is 0.0469 e. The molecule has 1 N–H and O–H groups in total. The average molecular weight is 214 g/mol. The van der Waals surface area contributed by atoms with Crippen molar-refractivity contribution in [2.75, 3.05) is 46.4 Å². The average Bonchev–Trinajstić information content (AvgIpc) is 2.28. The fraction of sp³-hybridized carbons (Fsp3) is 1.00. The Kier molecular flexibility index (Phi) is 6.98. The standard InChI is InChI=1S/C12H26N2O/c1-3-7-14(8-6-13-2)11-12-4-9-15-10-5-12/h12-13H,3-11H2,1-2H3. The van der Waals surface area contributed by atoms with E-state index in [1.54, 1.807) is 0 Å². The number of ether oxygens (including phenoxy) is 1. The van der Waals surface area contributed by atoms with Crippen molar-refractivity contribution in [1.82, 2.24) is 10.2 Å². The monoisotopic (exact) mass is 214 g/mol. The van der Waals surface area contributed by atoms with Crippen molar-refractivity contribution in [3.63, 3.8) is 0 Å². The lowest BCUT2D eigenvalue weighted by Gasteiger charge is -2.29. The van der Waals surface area contributed by atoms with Crippen LogP contribution in [0.2, 0.25) is 0 Å². The van der Waals surface area contributed by atoms with Crippen LogP contribution in [0.5, 0.6) is 0 Å². The van der Waals surface area contributed by atoms with Gasteiger partial charge in [-0.15, -0.1) is 0 Å². The topological polar surface area (TPSA) is 24.5 Å². The molecule has 0 radical (unpaired) electrons. The Balaban J connectivity index is 2.21. The van der Waals surface area contributed by atoms with Gasteiger partial charge in [-0.3, -0.25) is 0 Å². The van der Waals surface area contributed by atoms with Gasteiger partial charge in [0, 0.05) is 32.8 Å². The van der Waals surface area contributed by atoms with Crippen molar-refractivity contribution < 1.29 is 4.74 Å². The highest BCUT2D eigenvalue weighted by Crippen LogP contribution is 2.15. The van der Waals surface area contributed by atoms with Gasteiger partial charge in [0.1, 0.15) is 0 Å². The summed E-state index contributed by atoms with van der Waals surface area (Å²) in [4.78, 5) is 2.59. The molecular formula is C12H26N2O. The Morgan fingerprint density at radius 2 is 2.00 bits per heavy atom. The number of hydrogen-bond acceptors (Lipinski definition) is 3. The Morgan fingerprint density at radius 3 is 2.60 bits per heavy atom. The molecule has 1 heterocycles. The first-order valence-electron chi connectivity index (χ1n) is 6.31. The van der Waals surface area contributed by atoms with E-state index in [1.807, 2.05) is 7.05 Å². The summed E-state index contributed by atoms with van der Waals surface area (Å²) in [5.41, 5.74) is 0. The first-order valence-corrected chi connectivity index (χ1v) is 6.31.